The quantitative estimate of drug-likeness (QED) is 0.696. The van der Waals surface area contributed by atoms with Gasteiger partial charge in [-0.3, -0.25) is 0 Å². The summed E-state index contributed by atoms with van der Waals surface area (Å²) in [4.78, 5) is 0. The molecule has 0 unspecified atom stereocenters. The van der Waals surface area contributed by atoms with Crippen LogP contribution in [0.2, 0.25) is 0 Å². The van der Waals surface area contributed by atoms with Crippen LogP contribution >= 0.6 is 0 Å². The monoisotopic (exact) mass is 175 g/mol. The SMILES string of the molecule is CC(C)c1cccc2c1C[C@@H](N)C2. The zero-order valence-corrected chi connectivity index (χ0v) is 8.38. The van der Waals surface area contributed by atoms with Gasteiger partial charge in [0, 0.05) is 6.04 Å². The lowest BCUT2D eigenvalue weighted by molar-refractivity contribution is 0.716. The van der Waals surface area contributed by atoms with Crippen molar-refractivity contribution in [3.63, 3.8) is 0 Å². The molecule has 0 heterocycles. The highest BCUT2D eigenvalue weighted by molar-refractivity contribution is 5.41. The molecular weight excluding hydrogens is 158 g/mol. The molecule has 0 bridgehead atoms. The van der Waals surface area contributed by atoms with Gasteiger partial charge in [-0.2, -0.15) is 0 Å². The van der Waals surface area contributed by atoms with Gasteiger partial charge in [0.1, 0.15) is 0 Å². The van der Waals surface area contributed by atoms with Gasteiger partial charge in [-0.1, -0.05) is 32.0 Å². The Kier molecular flexibility index (Phi) is 2.12. The maximum absolute atomic E-state index is 5.95. The van der Waals surface area contributed by atoms with Gasteiger partial charge in [0.15, 0.2) is 0 Å². The van der Waals surface area contributed by atoms with E-state index in [0.717, 1.165) is 12.8 Å². The molecule has 1 aliphatic rings. The molecule has 2 N–H and O–H groups in total. The van der Waals surface area contributed by atoms with E-state index >= 15 is 0 Å². The average Bonchev–Trinajstić information content (AvgIpc) is 2.43. The number of hydrogen-bond acceptors (Lipinski definition) is 1. The van der Waals surface area contributed by atoms with Crippen LogP contribution in [-0.4, -0.2) is 6.04 Å². The lowest BCUT2D eigenvalue weighted by atomic mass is 9.95. The molecule has 0 saturated carbocycles. The molecule has 1 aliphatic carbocycles. The van der Waals surface area contributed by atoms with E-state index in [-0.39, 0.29) is 0 Å². The van der Waals surface area contributed by atoms with E-state index in [9.17, 15) is 0 Å². The van der Waals surface area contributed by atoms with E-state index in [0.29, 0.717) is 12.0 Å². The molecule has 13 heavy (non-hydrogen) atoms. The molecule has 0 fully saturated rings. The molecular formula is C12H17N. The number of nitrogens with two attached hydrogens (primary N) is 1. The normalized spacial score (nSPS) is 20.8. The predicted molar refractivity (Wildman–Crippen MR) is 55.9 cm³/mol. The molecule has 0 saturated heterocycles. The molecule has 1 atom stereocenters. The van der Waals surface area contributed by atoms with Crippen molar-refractivity contribution in [3.8, 4) is 0 Å². The van der Waals surface area contributed by atoms with Crippen LogP contribution in [-0.2, 0) is 12.8 Å². The Labute approximate surface area is 80.0 Å². The van der Waals surface area contributed by atoms with Crippen molar-refractivity contribution in [2.24, 2.45) is 5.73 Å². The van der Waals surface area contributed by atoms with Crippen LogP contribution < -0.4 is 5.73 Å². The minimum atomic E-state index is 0.356. The number of benzene rings is 1. The molecule has 0 aromatic heterocycles. The zero-order valence-electron chi connectivity index (χ0n) is 8.38. The summed E-state index contributed by atoms with van der Waals surface area (Å²) < 4.78 is 0. The van der Waals surface area contributed by atoms with Gasteiger partial charge in [-0.25, -0.2) is 0 Å². The van der Waals surface area contributed by atoms with Crippen LogP contribution in [0.5, 0.6) is 0 Å². The summed E-state index contributed by atoms with van der Waals surface area (Å²) in [6, 6.07) is 6.97. The van der Waals surface area contributed by atoms with E-state index in [1.165, 1.54) is 16.7 Å². The second-order valence-corrected chi connectivity index (χ2v) is 4.31. The van der Waals surface area contributed by atoms with Crippen LogP contribution in [0.3, 0.4) is 0 Å². The average molecular weight is 175 g/mol. The van der Waals surface area contributed by atoms with Crippen LogP contribution in [0.15, 0.2) is 18.2 Å². The van der Waals surface area contributed by atoms with E-state index in [1.807, 2.05) is 0 Å². The standard InChI is InChI=1S/C12H17N/c1-8(2)11-5-3-4-9-6-10(13)7-12(9)11/h3-5,8,10H,6-7,13H2,1-2H3/t10-/m0/s1. The predicted octanol–water partition coefficient (Wildman–Crippen LogP) is 2.24. The van der Waals surface area contributed by atoms with Gasteiger partial charge in [0.2, 0.25) is 0 Å². The van der Waals surface area contributed by atoms with Gasteiger partial charge < -0.3 is 5.73 Å². The highest BCUT2D eigenvalue weighted by Gasteiger charge is 2.21. The third kappa shape index (κ3) is 1.49. The van der Waals surface area contributed by atoms with Gasteiger partial charge in [-0.15, -0.1) is 0 Å². The molecule has 2 rings (SSSR count). The summed E-state index contributed by atoms with van der Waals surface area (Å²) in [6.07, 6.45) is 2.14. The number of rotatable bonds is 1. The number of hydrogen-bond donors (Lipinski definition) is 1. The van der Waals surface area contributed by atoms with Crippen molar-refractivity contribution in [1.82, 2.24) is 0 Å². The lowest BCUT2D eigenvalue weighted by Crippen LogP contribution is -2.19. The van der Waals surface area contributed by atoms with Gasteiger partial charge in [0.25, 0.3) is 0 Å². The third-order valence-corrected chi connectivity index (χ3v) is 2.88. The maximum atomic E-state index is 5.95. The first-order valence-corrected chi connectivity index (χ1v) is 5.04. The Balaban J connectivity index is 2.45. The van der Waals surface area contributed by atoms with E-state index in [4.69, 9.17) is 5.73 Å². The summed E-state index contributed by atoms with van der Waals surface area (Å²) in [7, 11) is 0. The van der Waals surface area contributed by atoms with Crippen LogP contribution in [0.1, 0.15) is 36.5 Å². The highest BCUT2D eigenvalue weighted by Crippen LogP contribution is 2.29. The van der Waals surface area contributed by atoms with Crippen molar-refractivity contribution >= 4 is 0 Å². The molecule has 1 heteroatoms. The van der Waals surface area contributed by atoms with Crippen LogP contribution in [0.25, 0.3) is 0 Å². The molecule has 1 nitrogen and oxygen atoms in total. The summed E-state index contributed by atoms with van der Waals surface area (Å²) >= 11 is 0. The topological polar surface area (TPSA) is 26.0 Å². The van der Waals surface area contributed by atoms with Crippen molar-refractivity contribution in [3.05, 3.63) is 34.9 Å². The maximum Gasteiger partial charge on any atom is 0.0120 e. The van der Waals surface area contributed by atoms with E-state index < -0.39 is 0 Å². The smallest absolute Gasteiger partial charge is 0.0120 e. The second-order valence-electron chi connectivity index (χ2n) is 4.31. The minimum Gasteiger partial charge on any atom is -0.327 e. The summed E-state index contributed by atoms with van der Waals surface area (Å²) in [6.45, 7) is 4.50. The fourth-order valence-electron chi connectivity index (χ4n) is 2.25. The Hall–Kier alpha value is -0.820. The first-order valence-electron chi connectivity index (χ1n) is 5.04. The highest BCUT2D eigenvalue weighted by atomic mass is 14.6. The summed E-state index contributed by atoms with van der Waals surface area (Å²) in [5.74, 6) is 0.625. The van der Waals surface area contributed by atoms with Gasteiger partial charge >= 0.3 is 0 Å². The Morgan fingerprint density at radius 3 is 2.77 bits per heavy atom. The van der Waals surface area contributed by atoms with E-state index in [2.05, 4.69) is 32.0 Å². The van der Waals surface area contributed by atoms with Crippen molar-refractivity contribution in [2.45, 2.75) is 38.6 Å². The Bertz CT molecular complexity index is 315. The molecule has 0 amide bonds. The van der Waals surface area contributed by atoms with Gasteiger partial charge in [-0.05, 0) is 35.4 Å². The fraction of sp³-hybridized carbons (Fsp3) is 0.500. The number of fused-ring (bicyclic) bond motifs is 1. The second kappa shape index (κ2) is 3.15. The Morgan fingerprint density at radius 1 is 1.31 bits per heavy atom. The largest absolute Gasteiger partial charge is 0.327 e. The van der Waals surface area contributed by atoms with Crippen molar-refractivity contribution < 1.29 is 0 Å². The summed E-state index contributed by atoms with van der Waals surface area (Å²) in [5.41, 5.74) is 10.4. The van der Waals surface area contributed by atoms with Crippen LogP contribution in [0, 0.1) is 0 Å². The molecule has 0 radical (unpaired) electrons. The first-order chi connectivity index (χ1) is 6.18. The van der Waals surface area contributed by atoms with Gasteiger partial charge in [0.05, 0.1) is 0 Å². The molecule has 70 valence electrons. The Morgan fingerprint density at radius 2 is 2.08 bits per heavy atom. The summed E-state index contributed by atoms with van der Waals surface area (Å²) in [5, 5.41) is 0. The zero-order chi connectivity index (χ0) is 9.42. The van der Waals surface area contributed by atoms with Crippen LogP contribution in [0.4, 0.5) is 0 Å². The third-order valence-electron chi connectivity index (χ3n) is 2.88. The van der Waals surface area contributed by atoms with E-state index in [1.54, 1.807) is 0 Å². The lowest BCUT2D eigenvalue weighted by Gasteiger charge is -2.11. The fourth-order valence-corrected chi connectivity index (χ4v) is 2.25. The van der Waals surface area contributed by atoms with Crippen molar-refractivity contribution in [1.29, 1.82) is 0 Å². The molecule has 0 aliphatic heterocycles. The molecule has 0 spiro atoms. The van der Waals surface area contributed by atoms with Crippen molar-refractivity contribution in [2.75, 3.05) is 0 Å². The first kappa shape index (κ1) is 8.76. The molecule has 1 aromatic rings. The minimum absolute atomic E-state index is 0.356. The molecule has 1 aromatic carbocycles.